The number of nitrogens with two attached hydrogens (primary N) is 1. The van der Waals surface area contributed by atoms with E-state index >= 15 is 0 Å². The second kappa shape index (κ2) is 6.76. The lowest BCUT2D eigenvalue weighted by atomic mass is 10.1. The van der Waals surface area contributed by atoms with Gasteiger partial charge in [-0.05, 0) is 18.2 Å². The minimum absolute atomic E-state index is 0.0443. The summed E-state index contributed by atoms with van der Waals surface area (Å²) in [6, 6.07) is 11.3. The van der Waals surface area contributed by atoms with E-state index in [4.69, 9.17) is 14.9 Å². The van der Waals surface area contributed by atoms with Crippen molar-refractivity contribution in [1.82, 2.24) is 0 Å². The van der Waals surface area contributed by atoms with Gasteiger partial charge in [-0.15, -0.1) is 0 Å². The zero-order valence-corrected chi connectivity index (χ0v) is 15.3. The molecule has 0 atom stereocenters. The van der Waals surface area contributed by atoms with E-state index in [1.807, 2.05) is 0 Å². The first kappa shape index (κ1) is 18.5. The maximum absolute atomic E-state index is 12.5. The highest BCUT2D eigenvalue weighted by Gasteiger charge is 2.21. The normalized spacial score (nSPS) is 11.3. The quantitative estimate of drug-likeness (QED) is 0.714. The number of amides is 1. The van der Waals surface area contributed by atoms with Gasteiger partial charge in [0.05, 0.1) is 17.3 Å². The van der Waals surface area contributed by atoms with Crippen LogP contribution in [0.3, 0.4) is 0 Å². The van der Waals surface area contributed by atoms with Crippen molar-refractivity contribution in [2.24, 2.45) is 5.73 Å². The molecule has 3 aromatic rings. The first-order chi connectivity index (χ1) is 12.7. The number of carbonyl (C=O) groups excluding carboxylic acids is 1. The number of sulfonamides is 1. The van der Waals surface area contributed by atoms with Crippen molar-refractivity contribution in [2.75, 3.05) is 17.6 Å². The summed E-state index contributed by atoms with van der Waals surface area (Å²) in [7, 11) is -2.26. The third kappa shape index (κ3) is 3.63. The molecule has 0 spiro atoms. The maximum atomic E-state index is 12.5. The molecule has 0 aliphatic heterocycles. The predicted molar refractivity (Wildman–Crippen MR) is 101 cm³/mol. The van der Waals surface area contributed by atoms with Crippen LogP contribution >= 0.6 is 0 Å². The molecule has 0 bridgehead atoms. The van der Waals surface area contributed by atoms with Gasteiger partial charge in [-0.25, -0.2) is 8.42 Å². The Morgan fingerprint density at radius 3 is 2.44 bits per heavy atom. The van der Waals surface area contributed by atoms with Crippen LogP contribution in [0.4, 0.5) is 5.69 Å². The third-order valence-corrected chi connectivity index (χ3v) is 5.12. The van der Waals surface area contributed by atoms with E-state index in [0.717, 1.165) is 16.8 Å². The van der Waals surface area contributed by atoms with Crippen LogP contribution in [-0.2, 0) is 10.0 Å². The fourth-order valence-corrected chi connectivity index (χ4v) is 2.94. The van der Waals surface area contributed by atoms with Crippen molar-refractivity contribution in [1.29, 1.82) is 0 Å². The molecule has 9 heteroatoms. The third-order valence-electron chi connectivity index (χ3n) is 3.93. The molecule has 2 aromatic carbocycles. The summed E-state index contributed by atoms with van der Waals surface area (Å²) < 4.78 is 36.1. The topological polar surface area (TPSA) is 120 Å². The van der Waals surface area contributed by atoms with Gasteiger partial charge in [-0.3, -0.25) is 13.9 Å². The van der Waals surface area contributed by atoms with E-state index in [9.17, 15) is 18.0 Å². The van der Waals surface area contributed by atoms with Gasteiger partial charge in [0.15, 0.2) is 5.75 Å². The number of hydrogen-bond donors (Lipinski definition) is 1. The Bertz CT molecular complexity index is 1190. The van der Waals surface area contributed by atoms with Crippen LogP contribution in [-0.4, -0.2) is 27.6 Å². The Hall–Kier alpha value is -3.33. The fraction of sp³-hybridized carbons (Fsp3) is 0.111. The Balaban J connectivity index is 2.28. The number of anilines is 1. The number of para-hydroxylation sites is 1. The van der Waals surface area contributed by atoms with Crippen molar-refractivity contribution in [3.63, 3.8) is 0 Å². The lowest BCUT2D eigenvalue weighted by Crippen LogP contribution is -2.25. The Kier molecular flexibility index (Phi) is 4.63. The number of nitrogens with zero attached hydrogens (tertiary/aromatic N) is 1. The van der Waals surface area contributed by atoms with Crippen LogP contribution in [0.5, 0.6) is 11.5 Å². The van der Waals surface area contributed by atoms with Crippen LogP contribution in [0.2, 0.25) is 0 Å². The Labute approximate surface area is 154 Å². The van der Waals surface area contributed by atoms with Gasteiger partial charge < -0.3 is 14.9 Å². The van der Waals surface area contributed by atoms with Crippen molar-refractivity contribution < 1.29 is 22.4 Å². The smallest absolute Gasteiger partial charge is 0.255 e. The average Bonchev–Trinajstić information content (AvgIpc) is 2.61. The zero-order chi connectivity index (χ0) is 19.8. The van der Waals surface area contributed by atoms with Crippen molar-refractivity contribution in [3.8, 4) is 11.5 Å². The molecule has 0 saturated heterocycles. The van der Waals surface area contributed by atoms with E-state index in [2.05, 4.69) is 0 Å². The van der Waals surface area contributed by atoms with Gasteiger partial charge in [0, 0.05) is 13.1 Å². The van der Waals surface area contributed by atoms with E-state index in [1.165, 1.54) is 19.2 Å². The molecule has 0 saturated carbocycles. The lowest BCUT2D eigenvalue weighted by molar-refractivity contribution is 0.0997. The van der Waals surface area contributed by atoms with Crippen molar-refractivity contribution >= 4 is 32.6 Å². The second-order valence-corrected chi connectivity index (χ2v) is 7.82. The molecule has 1 aromatic heterocycles. The zero-order valence-electron chi connectivity index (χ0n) is 14.5. The number of carbonyl (C=O) groups is 1. The highest BCUT2D eigenvalue weighted by atomic mass is 32.2. The number of rotatable bonds is 5. The SMILES string of the molecule is CN(c1cc2occ(C(N)=O)c(=O)c2cc1Oc1ccccc1)S(C)(=O)=O. The van der Waals surface area contributed by atoms with E-state index in [0.29, 0.717) is 5.75 Å². The summed E-state index contributed by atoms with van der Waals surface area (Å²) in [5, 5.41) is 0.0443. The van der Waals surface area contributed by atoms with Crippen LogP contribution in [0.25, 0.3) is 11.0 Å². The summed E-state index contributed by atoms with van der Waals surface area (Å²) >= 11 is 0. The molecule has 140 valence electrons. The minimum atomic E-state index is -3.61. The van der Waals surface area contributed by atoms with Gasteiger partial charge in [-0.2, -0.15) is 0 Å². The van der Waals surface area contributed by atoms with E-state index in [1.54, 1.807) is 30.3 Å². The number of hydrogen-bond acceptors (Lipinski definition) is 6. The molecule has 2 N–H and O–H groups in total. The van der Waals surface area contributed by atoms with Gasteiger partial charge in [0.1, 0.15) is 23.2 Å². The Morgan fingerprint density at radius 1 is 1.19 bits per heavy atom. The van der Waals surface area contributed by atoms with Crippen molar-refractivity contribution in [3.05, 3.63) is 64.5 Å². The van der Waals surface area contributed by atoms with Gasteiger partial charge in [0.2, 0.25) is 15.5 Å². The summed E-state index contributed by atoms with van der Waals surface area (Å²) in [5.74, 6) is -0.375. The monoisotopic (exact) mass is 388 g/mol. The molecule has 0 aliphatic carbocycles. The molecule has 0 radical (unpaired) electrons. The maximum Gasteiger partial charge on any atom is 0.255 e. The molecule has 0 fully saturated rings. The molecule has 3 rings (SSSR count). The van der Waals surface area contributed by atoms with E-state index in [-0.39, 0.29) is 28.0 Å². The molecule has 8 nitrogen and oxygen atoms in total. The summed E-state index contributed by atoms with van der Waals surface area (Å²) in [6.45, 7) is 0. The van der Waals surface area contributed by atoms with E-state index < -0.39 is 21.4 Å². The molecule has 27 heavy (non-hydrogen) atoms. The van der Waals surface area contributed by atoms with Gasteiger partial charge in [-0.1, -0.05) is 18.2 Å². The highest BCUT2D eigenvalue weighted by molar-refractivity contribution is 7.92. The highest BCUT2D eigenvalue weighted by Crippen LogP contribution is 2.36. The Morgan fingerprint density at radius 2 is 1.85 bits per heavy atom. The molecule has 1 heterocycles. The first-order valence-corrected chi connectivity index (χ1v) is 9.59. The summed E-state index contributed by atoms with van der Waals surface area (Å²) in [5.41, 5.74) is 4.51. The van der Waals surface area contributed by atoms with Crippen LogP contribution < -0.4 is 20.2 Å². The molecule has 0 aliphatic rings. The molecule has 1 amide bonds. The molecule has 0 unspecified atom stereocenters. The standard InChI is InChI=1S/C18H16N2O6S/c1-20(27(2,23)24)14-9-15-12(17(21)13(10-25-15)18(19)22)8-16(14)26-11-6-4-3-5-7-11/h3-10H,1-2H3,(H2,19,22). The summed E-state index contributed by atoms with van der Waals surface area (Å²) in [6.07, 6.45) is 1.99. The lowest BCUT2D eigenvalue weighted by Gasteiger charge is -2.20. The molecular formula is C18H16N2O6S. The average molecular weight is 388 g/mol. The van der Waals surface area contributed by atoms with Crippen LogP contribution in [0, 0.1) is 0 Å². The summed E-state index contributed by atoms with van der Waals surface area (Å²) in [4.78, 5) is 23.9. The van der Waals surface area contributed by atoms with Crippen molar-refractivity contribution in [2.45, 2.75) is 0 Å². The fourth-order valence-electron chi connectivity index (χ4n) is 2.44. The molecular weight excluding hydrogens is 372 g/mol. The number of benzene rings is 2. The second-order valence-electron chi connectivity index (χ2n) is 5.80. The minimum Gasteiger partial charge on any atom is -0.463 e. The van der Waals surface area contributed by atoms with Crippen LogP contribution in [0.15, 0.2) is 57.9 Å². The van der Waals surface area contributed by atoms with Gasteiger partial charge in [0.25, 0.3) is 5.91 Å². The first-order valence-electron chi connectivity index (χ1n) is 7.74. The number of fused-ring (bicyclic) bond motifs is 1. The number of ether oxygens (including phenoxy) is 1. The largest absolute Gasteiger partial charge is 0.463 e. The van der Waals surface area contributed by atoms with Gasteiger partial charge >= 0.3 is 0 Å². The van der Waals surface area contributed by atoms with Crippen LogP contribution in [0.1, 0.15) is 10.4 Å². The number of primary amides is 1. The predicted octanol–water partition coefficient (Wildman–Crippen LogP) is 2.08.